The summed E-state index contributed by atoms with van der Waals surface area (Å²) < 4.78 is 12.5. The molecule has 2 nitrogen and oxygen atoms in total. The van der Waals surface area contributed by atoms with Gasteiger partial charge in [-0.25, -0.2) is 4.39 Å². The van der Waals surface area contributed by atoms with Crippen molar-refractivity contribution in [1.82, 2.24) is 0 Å². The van der Waals surface area contributed by atoms with Gasteiger partial charge in [0.25, 0.3) is 0 Å². The van der Waals surface area contributed by atoms with Crippen molar-refractivity contribution in [3.8, 4) is 0 Å². The molecule has 3 heteroatoms. The Hall–Kier alpha value is -1.64. The summed E-state index contributed by atoms with van der Waals surface area (Å²) in [5, 5.41) is 8.77. The molecule has 0 spiro atoms. The molecule has 0 aliphatic rings. The van der Waals surface area contributed by atoms with Crippen molar-refractivity contribution in [3.05, 3.63) is 41.4 Å². The van der Waals surface area contributed by atoms with Crippen LogP contribution in [0.15, 0.2) is 30.0 Å². The third kappa shape index (κ3) is 2.20. The Morgan fingerprint density at radius 3 is 2.83 bits per heavy atom. The molecule has 0 atom stereocenters. The van der Waals surface area contributed by atoms with Crippen LogP contribution in [0.3, 0.4) is 0 Å². The minimum Gasteiger partial charge on any atom is -0.505 e. The SMILES string of the molecule is O=C/C(O)=C/c1cccc(F)c1. The standard InChI is InChI=1S/C9H7FO2/c10-8-3-1-2-7(4-8)5-9(12)6-11/h1-6,12H/b9-5-. The Kier molecular flexibility index (Phi) is 2.58. The van der Waals surface area contributed by atoms with E-state index in [2.05, 4.69) is 0 Å². The lowest BCUT2D eigenvalue weighted by atomic mass is 10.2. The second kappa shape index (κ2) is 3.67. The maximum atomic E-state index is 12.5. The van der Waals surface area contributed by atoms with E-state index in [1.165, 1.54) is 24.3 Å². The number of hydrogen-bond acceptors (Lipinski definition) is 2. The summed E-state index contributed by atoms with van der Waals surface area (Å²) in [6.07, 6.45) is 1.49. The number of hydrogen-bond donors (Lipinski definition) is 1. The molecule has 0 saturated heterocycles. The number of aliphatic hydroxyl groups is 1. The molecule has 0 aliphatic heterocycles. The summed E-state index contributed by atoms with van der Waals surface area (Å²) in [7, 11) is 0. The fourth-order valence-corrected chi connectivity index (χ4v) is 0.801. The Bertz CT molecular complexity index is 318. The summed E-state index contributed by atoms with van der Waals surface area (Å²) in [5.41, 5.74) is 0.458. The van der Waals surface area contributed by atoms with Gasteiger partial charge in [0, 0.05) is 0 Å². The van der Waals surface area contributed by atoms with Gasteiger partial charge in [-0.3, -0.25) is 4.79 Å². The molecule has 1 aromatic carbocycles. The van der Waals surface area contributed by atoms with Crippen LogP contribution < -0.4 is 0 Å². The van der Waals surface area contributed by atoms with Gasteiger partial charge in [0.1, 0.15) is 5.82 Å². The molecule has 12 heavy (non-hydrogen) atoms. The van der Waals surface area contributed by atoms with Crippen LogP contribution in [0.4, 0.5) is 4.39 Å². The van der Waals surface area contributed by atoms with Crippen molar-refractivity contribution in [2.45, 2.75) is 0 Å². The van der Waals surface area contributed by atoms with Crippen LogP contribution in [0.5, 0.6) is 0 Å². The van der Waals surface area contributed by atoms with Gasteiger partial charge in [-0.2, -0.15) is 0 Å². The molecule has 0 heterocycles. The predicted octanol–water partition coefficient (Wildman–Crippen LogP) is 1.92. The van der Waals surface area contributed by atoms with Crippen molar-refractivity contribution in [1.29, 1.82) is 0 Å². The highest BCUT2D eigenvalue weighted by Crippen LogP contribution is 2.06. The topological polar surface area (TPSA) is 37.3 Å². The Labute approximate surface area is 69.0 Å². The Balaban J connectivity index is 2.97. The number of carbonyl (C=O) groups excluding carboxylic acids is 1. The van der Waals surface area contributed by atoms with Gasteiger partial charge in [-0.05, 0) is 23.8 Å². The van der Waals surface area contributed by atoms with Crippen LogP contribution >= 0.6 is 0 Å². The first-order valence-electron chi connectivity index (χ1n) is 3.34. The van der Waals surface area contributed by atoms with Crippen molar-refractivity contribution in [2.75, 3.05) is 0 Å². The molecule has 0 radical (unpaired) electrons. The van der Waals surface area contributed by atoms with E-state index in [4.69, 9.17) is 5.11 Å². The molecule has 1 aromatic rings. The third-order valence-corrected chi connectivity index (χ3v) is 1.28. The molecule has 0 amide bonds. The highest BCUT2D eigenvalue weighted by Gasteiger charge is 1.93. The Morgan fingerprint density at radius 1 is 1.50 bits per heavy atom. The van der Waals surface area contributed by atoms with Crippen LogP contribution in [-0.2, 0) is 4.79 Å². The number of aldehydes is 1. The highest BCUT2D eigenvalue weighted by atomic mass is 19.1. The van der Waals surface area contributed by atoms with E-state index in [9.17, 15) is 9.18 Å². The highest BCUT2D eigenvalue weighted by molar-refractivity contribution is 5.78. The van der Waals surface area contributed by atoms with E-state index in [-0.39, 0.29) is 0 Å². The van der Waals surface area contributed by atoms with E-state index in [0.717, 1.165) is 0 Å². The van der Waals surface area contributed by atoms with E-state index < -0.39 is 11.6 Å². The fraction of sp³-hybridized carbons (Fsp3) is 0. The maximum Gasteiger partial charge on any atom is 0.184 e. The second-order valence-corrected chi connectivity index (χ2v) is 2.24. The number of carbonyl (C=O) groups is 1. The number of rotatable bonds is 2. The molecule has 0 aliphatic carbocycles. The summed E-state index contributed by atoms with van der Waals surface area (Å²) in [4.78, 5) is 9.98. The van der Waals surface area contributed by atoms with Gasteiger partial charge >= 0.3 is 0 Å². The van der Waals surface area contributed by atoms with Gasteiger partial charge in [0.05, 0.1) is 0 Å². The number of allylic oxidation sites excluding steroid dienone is 1. The third-order valence-electron chi connectivity index (χ3n) is 1.28. The summed E-state index contributed by atoms with van der Waals surface area (Å²) in [6, 6.07) is 5.59. The van der Waals surface area contributed by atoms with Crippen molar-refractivity contribution < 1.29 is 14.3 Å². The first kappa shape index (κ1) is 8.46. The van der Waals surface area contributed by atoms with Gasteiger partial charge < -0.3 is 5.11 Å². The van der Waals surface area contributed by atoms with E-state index in [1.54, 1.807) is 6.07 Å². The van der Waals surface area contributed by atoms with Crippen LogP contribution in [0.25, 0.3) is 6.08 Å². The van der Waals surface area contributed by atoms with Crippen LogP contribution in [-0.4, -0.2) is 11.4 Å². The summed E-state index contributed by atoms with van der Waals surface area (Å²) in [5.74, 6) is -0.817. The van der Waals surface area contributed by atoms with Gasteiger partial charge in [-0.15, -0.1) is 0 Å². The molecule has 1 rings (SSSR count). The minimum atomic E-state index is -0.416. The normalized spacial score (nSPS) is 11.2. The van der Waals surface area contributed by atoms with Gasteiger partial charge in [0.15, 0.2) is 12.0 Å². The number of halogens is 1. The van der Waals surface area contributed by atoms with Gasteiger partial charge in [-0.1, -0.05) is 12.1 Å². The molecule has 0 unspecified atom stereocenters. The zero-order valence-electron chi connectivity index (χ0n) is 6.20. The first-order chi connectivity index (χ1) is 5.72. The van der Waals surface area contributed by atoms with E-state index in [0.29, 0.717) is 11.8 Å². The van der Waals surface area contributed by atoms with E-state index >= 15 is 0 Å². The summed E-state index contributed by atoms with van der Waals surface area (Å²) >= 11 is 0. The molecule has 0 bridgehead atoms. The van der Waals surface area contributed by atoms with Crippen LogP contribution in [0.1, 0.15) is 5.56 Å². The number of aliphatic hydroxyl groups excluding tert-OH is 1. The molecule has 0 fully saturated rings. The molecular formula is C9H7FO2. The largest absolute Gasteiger partial charge is 0.505 e. The zero-order valence-corrected chi connectivity index (χ0v) is 6.20. The van der Waals surface area contributed by atoms with E-state index in [1.807, 2.05) is 0 Å². The first-order valence-corrected chi connectivity index (χ1v) is 3.34. The molecular weight excluding hydrogens is 159 g/mol. The summed E-state index contributed by atoms with van der Waals surface area (Å²) in [6.45, 7) is 0. The van der Waals surface area contributed by atoms with Crippen LogP contribution in [0.2, 0.25) is 0 Å². The molecule has 0 aromatic heterocycles. The smallest absolute Gasteiger partial charge is 0.184 e. The Morgan fingerprint density at radius 2 is 2.25 bits per heavy atom. The monoisotopic (exact) mass is 166 g/mol. The lowest BCUT2D eigenvalue weighted by Gasteiger charge is -1.92. The van der Waals surface area contributed by atoms with Crippen molar-refractivity contribution in [2.24, 2.45) is 0 Å². The predicted molar refractivity (Wildman–Crippen MR) is 43.1 cm³/mol. The molecule has 62 valence electrons. The van der Waals surface area contributed by atoms with Crippen LogP contribution in [0, 0.1) is 5.82 Å². The average Bonchev–Trinajstić information content (AvgIpc) is 2.04. The van der Waals surface area contributed by atoms with Crippen molar-refractivity contribution in [3.63, 3.8) is 0 Å². The quantitative estimate of drug-likeness (QED) is 0.414. The molecule has 0 saturated carbocycles. The lowest BCUT2D eigenvalue weighted by molar-refractivity contribution is -0.106. The second-order valence-electron chi connectivity index (χ2n) is 2.24. The average molecular weight is 166 g/mol. The van der Waals surface area contributed by atoms with Crippen molar-refractivity contribution >= 4 is 12.4 Å². The van der Waals surface area contributed by atoms with Gasteiger partial charge in [0.2, 0.25) is 0 Å². The fourth-order valence-electron chi connectivity index (χ4n) is 0.801. The zero-order chi connectivity index (χ0) is 8.97. The lowest BCUT2D eigenvalue weighted by Crippen LogP contribution is -1.82. The maximum absolute atomic E-state index is 12.5. The molecule has 1 N–H and O–H groups in total. The number of benzene rings is 1. The minimum absolute atomic E-state index is 0.297.